The summed E-state index contributed by atoms with van der Waals surface area (Å²) in [6.45, 7) is 7.55. The van der Waals surface area contributed by atoms with Crippen LogP contribution in [0.2, 0.25) is 0 Å². The van der Waals surface area contributed by atoms with Crippen LogP contribution in [0.25, 0.3) is 0 Å². The molecule has 1 saturated heterocycles. The molecule has 2 unspecified atom stereocenters. The zero-order chi connectivity index (χ0) is 9.90. The second kappa shape index (κ2) is 4.40. The molecule has 78 valence electrons. The van der Waals surface area contributed by atoms with Crippen molar-refractivity contribution < 1.29 is 9.47 Å². The molecule has 0 saturated carbocycles. The Morgan fingerprint density at radius 3 is 2.69 bits per heavy atom. The highest BCUT2D eigenvalue weighted by atomic mass is 16.5. The van der Waals surface area contributed by atoms with Crippen molar-refractivity contribution in [3.05, 3.63) is 0 Å². The zero-order valence-corrected chi connectivity index (χ0v) is 8.88. The quantitative estimate of drug-likeness (QED) is 0.721. The highest BCUT2D eigenvalue weighted by Crippen LogP contribution is 2.27. The van der Waals surface area contributed by atoms with Gasteiger partial charge in [0.25, 0.3) is 0 Å². The van der Waals surface area contributed by atoms with E-state index in [0.717, 1.165) is 19.4 Å². The largest absolute Gasteiger partial charge is 0.377 e. The van der Waals surface area contributed by atoms with Crippen molar-refractivity contribution in [2.75, 3.05) is 13.2 Å². The summed E-state index contributed by atoms with van der Waals surface area (Å²) in [6.07, 6.45) is 2.41. The molecule has 1 rings (SSSR count). The fourth-order valence-electron chi connectivity index (χ4n) is 1.57. The highest BCUT2D eigenvalue weighted by molar-refractivity contribution is 4.90. The first-order valence-corrected chi connectivity index (χ1v) is 5.06. The number of hydrogen-bond acceptors (Lipinski definition) is 3. The van der Waals surface area contributed by atoms with Gasteiger partial charge in [0, 0.05) is 6.61 Å². The van der Waals surface area contributed by atoms with Crippen molar-refractivity contribution in [2.45, 2.75) is 51.4 Å². The number of rotatable bonds is 4. The predicted octanol–water partition coefficient (Wildman–Crippen LogP) is 1.31. The first-order valence-electron chi connectivity index (χ1n) is 5.06. The van der Waals surface area contributed by atoms with E-state index in [0.29, 0.717) is 6.61 Å². The van der Waals surface area contributed by atoms with Crippen LogP contribution >= 0.6 is 0 Å². The molecule has 0 aromatic rings. The Morgan fingerprint density at radius 1 is 1.54 bits per heavy atom. The summed E-state index contributed by atoms with van der Waals surface area (Å²) in [7, 11) is 0. The van der Waals surface area contributed by atoms with Gasteiger partial charge in [0.2, 0.25) is 0 Å². The van der Waals surface area contributed by atoms with E-state index in [1.807, 2.05) is 13.8 Å². The molecular weight excluding hydrogens is 166 g/mol. The molecule has 0 bridgehead atoms. The van der Waals surface area contributed by atoms with E-state index in [2.05, 4.69) is 6.92 Å². The van der Waals surface area contributed by atoms with Gasteiger partial charge in [-0.3, -0.25) is 0 Å². The standard InChI is InChI=1S/C10H21NO2/c1-8(2)12-7-9(11)10(3)5-4-6-13-10/h8-9H,4-7,11H2,1-3H3. The van der Waals surface area contributed by atoms with Gasteiger partial charge in [-0.25, -0.2) is 0 Å². The lowest BCUT2D eigenvalue weighted by atomic mass is 9.94. The summed E-state index contributed by atoms with van der Waals surface area (Å²) >= 11 is 0. The molecule has 0 aromatic carbocycles. The van der Waals surface area contributed by atoms with E-state index in [1.165, 1.54) is 0 Å². The monoisotopic (exact) mass is 187 g/mol. The molecule has 1 aliphatic heterocycles. The SMILES string of the molecule is CC(C)OCC(N)C1(C)CCCO1. The molecule has 3 nitrogen and oxygen atoms in total. The number of ether oxygens (including phenoxy) is 2. The van der Waals surface area contributed by atoms with Gasteiger partial charge in [-0.1, -0.05) is 0 Å². The molecule has 0 radical (unpaired) electrons. The van der Waals surface area contributed by atoms with Crippen molar-refractivity contribution >= 4 is 0 Å². The van der Waals surface area contributed by atoms with E-state index in [4.69, 9.17) is 15.2 Å². The van der Waals surface area contributed by atoms with Crippen LogP contribution in [0.3, 0.4) is 0 Å². The third kappa shape index (κ3) is 2.93. The van der Waals surface area contributed by atoms with Crippen LogP contribution in [-0.2, 0) is 9.47 Å². The van der Waals surface area contributed by atoms with Crippen molar-refractivity contribution in [1.29, 1.82) is 0 Å². The van der Waals surface area contributed by atoms with E-state index in [1.54, 1.807) is 0 Å². The molecule has 1 heterocycles. The van der Waals surface area contributed by atoms with E-state index >= 15 is 0 Å². The van der Waals surface area contributed by atoms with Gasteiger partial charge in [0.15, 0.2) is 0 Å². The molecule has 1 aliphatic rings. The molecule has 1 fully saturated rings. The van der Waals surface area contributed by atoms with E-state index < -0.39 is 0 Å². The molecule has 0 aromatic heterocycles. The zero-order valence-electron chi connectivity index (χ0n) is 8.88. The summed E-state index contributed by atoms with van der Waals surface area (Å²) in [5.41, 5.74) is 5.85. The lowest BCUT2D eigenvalue weighted by molar-refractivity contribution is -0.0375. The summed E-state index contributed by atoms with van der Waals surface area (Å²) in [4.78, 5) is 0. The van der Waals surface area contributed by atoms with Crippen molar-refractivity contribution in [2.24, 2.45) is 5.73 Å². The Balaban J connectivity index is 2.33. The fraction of sp³-hybridized carbons (Fsp3) is 1.00. The molecule has 2 N–H and O–H groups in total. The second-order valence-corrected chi connectivity index (χ2v) is 4.25. The maximum atomic E-state index is 6.01. The Kier molecular flexibility index (Phi) is 3.71. The van der Waals surface area contributed by atoms with E-state index in [-0.39, 0.29) is 17.7 Å². The fourth-order valence-corrected chi connectivity index (χ4v) is 1.57. The molecule has 2 atom stereocenters. The van der Waals surface area contributed by atoms with Gasteiger partial charge in [-0.05, 0) is 33.6 Å². The van der Waals surface area contributed by atoms with Gasteiger partial charge in [-0.15, -0.1) is 0 Å². The first kappa shape index (κ1) is 11.0. The number of nitrogens with two attached hydrogens (primary N) is 1. The summed E-state index contributed by atoms with van der Waals surface area (Å²) in [5.74, 6) is 0. The summed E-state index contributed by atoms with van der Waals surface area (Å²) < 4.78 is 11.1. The Hall–Kier alpha value is -0.120. The van der Waals surface area contributed by atoms with Crippen LogP contribution in [0.4, 0.5) is 0 Å². The van der Waals surface area contributed by atoms with E-state index in [9.17, 15) is 0 Å². The van der Waals surface area contributed by atoms with Gasteiger partial charge < -0.3 is 15.2 Å². The average molecular weight is 187 g/mol. The Bertz CT molecular complexity index is 153. The minimum atomic E-state index is -0.158. The van der Waals surface area contributed by atoms with Crippen LogP contribution in [0, 0.1) is 0 Å². The molecule has 0 amide bonds. The molecular formula is C10H21NO2. The molecule has 0 aliphatic carbocycles. The first-order chi connectivity index (χ1) is 6.04. The maximum Gasteiger partial charge on any atom is 0.0828 e. The lowest BCUT2D eigenvalue weighted by Crippen LogP contribution is -2.48. The topological polar surface area (TPSA) is 44.5 Å². The van der Waals surface area contributed by atoms with Crippen LogP contribution < -0.4 is 5.73 Å². The maximum absolute atomic E-state index is 6.01. The highest BCUT2D eigenvalue weighted by Gasteiger charge is 2.36. The Morgan fingerprint density at radius 2 is 2.23 bits per heavy atom. The second-order valence-electron chi connectivity index (χ2n) is 4.25. The summed E-state index contributed by atoms with van der Waals surface area (Å²) in [6, 6.07) is -0.00241. The van der Waals surface area contributed by atoms with Crippen LogP contribution in [-0.4, -0.2) is 31.0 Å². The van der Waals surface area contributed by atoms with Gasteiger partial charge >= 0.3 is 0 Å². The van der Waals surface area contributed by atoms with Gasteiger partial charge in [0.05, 0.1) is 24.4 Å². The minimum Gasteiger partial charge on any atom is -0.377 e. The lowest BCUT2D eigenvalue weighted by Gasteiger charge is -2.30. The van der Waals surface area contributed by atoms with Crippen LogP contribution in [0.15, 0.2) is 0 Å². The summed E-state index contributed by atoms with van der Waals surface area (Å²) in [5, 5.41) is 0. The van der Waals surface area contributed by atoms with Crippen molar-refractivity contribution in [3.63, 3.8) is 0 Å². The van der Waals surface area contributed by atoms with Crippen molar-refractivity contribution in [3.8, 4) is 0 Å². The number of hydrogen-bond donors (Lipinski definition) is 1. The van der Waals surface area contributed by atoms with Crippen molar-refractivity contribution in [1.82, 2.24) is 0 Å². The predicted molar refractivity (Wildman–Crippen MR) is 52.7 cm³/mol. The molecule has 0 spiro atoms. The Labute approximate surface area is 80.6 Å². The smallest absolute Gasteiger partial charge is 0.0828 e. The van der Waals surface area contributed by atoms with Gasteiger partial charge in [-0.2, -0.15) is 0 Å². The van der Waals surface area contributed by atoms with Gasteiger partial charge in [0.1, 0.15) is 0 Å². The average Bonchev–Trinajstić information content (AvgIpc) is 2.49. The normalized spacial score (nSPS) is 31.2. The molecule has 3 heteroatoms. The van der Waals surface area contributed by atoms with Crippen LogP contribution in [0.1, 0.15) is 33.6 Å². The third-order valence-electron chi connectivity index (χ3n) is 2.64. The van der Waals surface area contributed by atoms with Crippen LogP contribution in [0.5, 0.6) is 0 Å². The molecule has 13 heavy (non-hydrogen) atoms. The minimum absolute atomic E-state index is 0.00241. The third-order valence-corrected chi connectivity index (χ3v) is 2.64.